The van der Waals surface area contributed by atoms with Gasteiger partial charge in [0, 0.05) is 17.7 Å². The maximum atomic E-state index is 4.47. The van der Waals surface area contributed by atoms with Crippen LogP contribution < -0.4 is 0 Å². The third-order valence-electron chi connectivity index (χ3n) is 2.95. The first-order valence-electron chi connectivity index (χ1n) is 5.91. The molecule has 2 aromatic carbocycles. The normalized spacial score (nSPS) is 10.9. The van der Waals surface area contributed by atoms with E-state index in [1.165, 1.54) is 16.0 Å². The van der Waals surface area contributed by atoms with Gasteiger partial charge in [0.1, 0.15) is 5.52 Å². The summed E-state index contributed by atoms with van der Waals surface area (Å²) in [4.78, 5) is 5.72. The van der Waals surface area contributed by atoms with Crippen LogP contribution in [0.5, 0.6) is 0 Å². The summed E-state index contributed by atoms with van der Waals surface area (Å²) in [5.41, 5.74) is 3.63. The number of imidazole rings is 1. The number of rotatable bonds is 3. The van der Waals surface area contributed by atoms with Gasteiger partial charge in [0.15, 0.2) is 0 Å². The first-order chi connectivity index (χ1) is 8.84. The predicted octanol–water partition coefficient (Wildman–Crippen LogP) is 3.87. The van der Waals surface area contributed by atoms with Crippen molar-refractivity contribution in [3.63, 3.8) is 0 Å². The van der Waals surface area contributed by atoms with Gasteiger partial charge in [-0.15, -0.1) is 11.8 Å². The molecule has 0 radical (unpaired) electrons. The standard InChI is InChI=1S/C15H14N2S/c1-17-11-16-15-13(17)8-5-9-14(15)18-10-12-6-3-2-4-7-12/h2-9,11H,10H2,1H3. The molecule has 2 nitrogen and oxygen atoms in total. The number of benzene rings is 2. The van der Waals surface area contributed by atoms with Gasteiger partial charge in [0.2, 0.25) is 0 Å². The maximum absolute atomic E-state index is 4.47. The molecule has 3 aromatic rings. The van der Waals surface area contributed by atoms with Crippen LogP contribution in [0.2, 0.25) is 0 Å². The molecule has 90 valence electrons. The fraction of sp³-hybridized carbons (Fsp3) is 0.133. The molecule has 0 atom stereocenters. The molecule has 0 fully saturated rings. The Morgan fingerprint density at radius 3 is 2.72 bits per heavy atom. The zero-order chi connectivity index (χ0) is 12.4. The van der Waals surface area contributed by atoms with Gasteiger partial charge in [-0.2, -0.15) is 0 Å². The van der Waals surface area contributed by atoms with Gasteiger partial charge in [0.25, 0.3) is 0 Å². The van der Waals surface area contributed by atoms with E-state index in [4.69, 9.17) is 0 Å². The molecule has 0 saturated heterocycles. The molecule has 3 heteroatoms. The van der Waals surface area contributed by atoms with E-state index in [0.717, 1.165) is 11.3 Å². The summed E-state index contributed by atoms with van der Waals surface area (Å²) in [5.74, 6) is 0.983. The molecule has 18 heavy (non-hydrogen) atoms. The first-order valence-corrected chi connectivity index (χ1v) is 6.90. The minimum Gasteiger partial charge on any atom is -0.334 e. The molecule has 1 aromatic heterocycles. The van der Waals surface area contributed by atoms with Crippen LogP contribution in [0.4, 0.5) is 0 Å². The lowest BCUT2D eigenvalue weighted by Gasteiger charge is -2.03. The fourth-order valence-corrected chi connectivity index (χ4v) is 2.97. The number of thioether (sulfide) groups is 1. The highest BCUT2D eigenvalue weighted by Crippen LogP contribution is 2.28. The molecular weight excluding hydrogens is 240 g/mol. The maximum Gasteiger partial charge on any atom is 0.102 e. The van der Waals surface area contributed by atoms with Crippen LogP contribution in [0.25, 0.3) is 11.0 Å². The van der Waals surface area contributed by atoms with Gasteiger partial charge in [-0.05, 0) is 17.7 Å². The number of hydrogen-bond donors (Lipinski definition) is 0. The number of nitrogens with zero attached hydrogens (tertiary/aromatic N) is 2. The van der Waals surface area contributed by atoms with Crippen LogP contribution in [-0.2, 0) is 12.8 Å². The van der Waals surface area contributed by atoms with Crippen LogP contribution >= 0.6 is 11.8 Å². The lowest BCUT2D eigenvalue weighted by molar-refractivity contribution is 0.948. The van der Waals surface area contributed by atoms with Crippen LogP contribution in [0.15, 0.2) is 59.8 Å². The van der Waals surface area contributed by atoms with Crippen molar-refractivity contribution in [2.24, 2.45) is 7.05 Å². The average molecular weight is 254 g/mol. The van der Waals surface area contributed by atoms with Crippen LogP contribution in [0, 0.1) is 0 Å². The molecule has 1 heterocycles. The Bertz CT molecular complexity index is 659. The lowest BCUT2D eigenvalue weighted by Crippen LogP contribution is -1.84. The van der Waals surface area contributed by atoms with E-state index in [1.807, 2.05) is 31.2 Å². The summed E-state index contributed by atoms with van der Waals surface area (Å²) in [5, 5.41) is 0. The van der Waals surface area contributed by atoms with Gasteiger partial charge >= 0.3 is 0 Å². The van der Waals surface area contributed by atoms with Crippen molar-refractivity contribution in [1.82, 2.24) is 9.55 Å². The number of aromatic nitrogens is 2. The van der Waals surface area contributed by atoms with E-state index >= 15 is 0 Å². The largest absolute Gasteiger partial charge is 0.334 e. The van der Waals surface area contributed by atoms with Gasteiger partial charge in [0.05, 0.1) is 11.8 Å². The Morgan fingerprint density at radius 2 is 1.89 bits per heavy atom. The van der Waals surface area contributed by atoms with Crippen molar-refractivity contribution < 1.29 is 0 Å². The number of para-hydroxylation sites is 1. The topological polar surface area (TPSA) is 17.8 Å². The molecule has 0 spiro atoms. The summed E-state index contributed by atoms with van der Waals surface area (Å²) in [6.07, 6.45) is 1.87. The van der Waals surface area contributed by atoms with Crippen molar-refractivity contribution in [2.45, 2.75) is 10.6 Å². The van der Waals surface area contributed by atoms with Gasteiger partial charge in [-0.1, -0.05) is 36.4 Å². The van der Waals surface area contributed by atoms with E-state index in [2.05, 4.69) is 52.0 Å². The molecule has 0 aliphatic carbocycles. The zero-order valence-electron chi connectivity index (χ0n) is 10.2. The molecule has 0 unspecified atom stereocenters. The lowest BCUT2D eigenvalue weighted by atomic mass is 10.2. The van der Waals surface area contributed by atoms with E-state index in [1.54, 1.807) is 0 Å². The minimum absolute atomic E-state index is 0.983. The van der Waals surface area contributed by atoms with Gasteiger partial charge in [-0.25, -0.2) is 4.98 Å². The molecule has 3 rings (SSSR count). The summed E-state index contributed by atoms with van der Waals surface area (Å²) in [6.45, 7) is 0. The Balaban J connectivity index is 1.87. The Morgan fingerprint density at radius 1 is 1.06 bits per heavy atom. The zero-order valence-corrected chi connectivity index (χ0v) is 11.0. The summed E-state index contributed by atoms with van der Waals surface area (Å²) >= 11 is 1.84. The summed E-state index contributed by atoms with van der Waals surface area (Å²) in [6, 6.07) is 16.9. The van der Waals surface area contributed by atoms with Crippen LogP contribution in [0.3, 0.4) is 0 Å². The third-order valence-corrected chi connectivity index (χ3v) is 4.07. The van der Waals surface area contributed by atoms with Crippen molar-refractivity contribution in [3.8, 4) is 0 Å². The average Bonchev–Trinajstić information content (AvgIpc) is 2.80. The monoisotopic (exact) mass is 254 g/mol. The highest BCUT2D eigenvalue weighted by molar-refractivity contribution is 7.98. The molecule has 0 N–H and O–H groups in total. The first kappa shape index (κ1) is 11.4. The van der Waals surface area contributed by atoms with E-state index in [9.17, 15) is 0 Å². The minimum atomic E-state index is 0.983. The molecule has 0 bridgehead atoms. The van der Waals surface area contributed by atoms with E-state index < -0.39 is 0 Å². The molecule has 0 amide bonds. The van der Waals surface area contributed by atoms with Crippen molar-refractivity contribution in [3.05, 3.63) is 60.4 Å². The second-order valence-corrected chi connectivity index (χ2v) is 5.27. The van der Waals surface area contributed by atoms with Gasteiger partial charge < -0.3 is 4.57 Å². The quantitative estimate of drug-likeness (QED) is 0.660. The molecule has 0 saturated carbocycles. The predicted molar refractivity (Wildman–Crippen MR) is 76.7 cm³/mol. The second kappa shape index (κ2) is 4.86. The Hall–Kier alpha value is -1.74. The van der Waals surface area contributed by atoms with E-state index in [0.29, 0.717) is 0 Å². The molecule has 0 aliphatic rings. The van der Waals surface area contributed by atoms with Crippen molar-refractivity contribution in [1.29, 1.82) is 0 Å². The summed E-state index contributed by atoms with van der Waals surface area (Å²) < 4.78 is 2.06. The summed E-state index contributed by atoms with van der Waals surface area (Å²) in [7, 11) is 2.03. The number of aryl methyl sites for hydroxylation is 1. The Kier molecular flexibility index (Phi) is 3.07. The number of fused-ring (bicyclic) bond motifs is 1. The van der Waals surface area contributed by atoms with Crippen molar-refractivity contribution in [2.75, 3.05) is 0 Å². The highest BCUT2D eigenvalue weighted by atomic mass is 32.2. The van der Waals surface area contributed by atoms with Crippen LogP contribution in [-0.4, -0.2) is 9.55 Å². The smallest absolute Gasteiger partial charge is 0.102 e. The third kappa shape index (κ3) is 2.14. The highest BCUT2D eigenvalue weighted by Gasteiger charge is 2.05. The number of hydrogen-bond acceptors (Lipinski definition) is 2. The molecular formula is C15H14N2S. The van der Waals surface area contributed by atoms with Gasteiger partial charge in [-0.3, -0.25) is 0 Å². The molecule has 0 aliphatic heterocycles. The van der Waals surface area contributed by atoms with E-state index in [-0.39, 0.29) is 0 Å². The van der Waals surface area contributed by atoms with Crippen LogP contribution in [0.1, 0.15) is 5.56 Å². The Labute approximate surface area is 111 Å². The SMILES string of the molecule is Cn1cnc2c(SCc3ccccc3)cccc21. The fourth-order valence-electron chi connectivity index (χ4n) is 1.98. The van der Waals surface area contributed by atoms with Crippen molar-refractivity contribution >= 4 is 22.8 Å². The second-order valence-electron chi connectivity index (χ2n) is 4.25.